The molecule has 4 heteroatoms. The lowest BCUT2D eigenvalue weighted by molar-refractivity contribution is 0.657. The number of nitrogens with zero attached hydrogens (tertiary/aromatic N) is 1. The van der Waals surface area contributed by atoms with Gasteiger partial charge in [0.05, 0.1) is 10.7 Å². The van der Waals surface area contributed by atoms with Crippen molar-refractivity contribution in [3.05, 3.63) is 45.9 Å². The van der Waals surface area contributed by atoms with E-state index in [9.17, 15) is 0 Å². The van der Waals surface area contributed by atoms with Gasteiger partial charge in [-0.1, -0.05) is 18.2 Å². The summed E-state index contributed by atoms with van der Waals surface area (Å²) in [5.41, 5.74) is 2.66. The number of aromatic nitrogens is 1. The smallest absolute Gasteiger partial charge is 0.0897 e. The molecule has 1 aromatic heterocycles. The fraction of sp³-hybridized carbons (Fsp3) is 0.357. The molecule has 1 N–H and O–H groups in total. The van der Waals surface area contributed by atoms with Crippen molar-refractivity contribution in [2.75, 3.05) is 6.54 Å². The standard InChI is InChI=1S/C14H16N2S2/c1-10-16-12(9-17-10)7-15-8-13-6-11-4-2-3-5-14(11)18-13/h2-5,9,13,15H,6-8H2,1H3. The molecule has 2 heterocycles. The molecule has 1 aliphatic heterocycles. The second-order valence-electron chi connectivity index (χ2n) is 4.54. The van der Waals surface area contributed by atoms with Gasteiger partial charge in [0.25, 0.3) is 0 Å². The maximum Gasteiger partial charge on any atom is 0.0897 e. The van der Waals surface area contributed by atoms with E-state index in [1.54, 1.807) is 11.3 Å². The van der Waals surface area contributed by atoms with E-state index in [0.717, 1.165) is 23.8 Å². The van der Waals surface area contributed by atoms with Gasteiger partial charge < -0.3 is 5.32 Å². The second kappa shape index (κ2) is 5.43. The number of hydrogen-bond acceptors (Lipinski definition) is 4. The number of aryl methyl sites for hydroxylation is 1. The van der Waals surface area contributed by atoms with E-state index in [1.165, 1.54) is 16.9 Å². The summed E-state index contributed by atoms with van der Waals surface area (Å²) in [5, 5.41) is 7.47. The predicted molar refractivity (Wildman–Crippen MR) is 78.3 cm³/mol. The topological polar surface area (TPSA) is 24.9 Å². The highest BCUT2D eigenvalue weighted by Crippen LogP contribution is 2.36. The number of thiazole rings is 1. The molecule has 0 amide bonds. The number of hydrogen-bond donors (Lipinski definition) is 1. The molecule has 94 valence electrons. The van der Waals surface area contributed by atoms with Crippen molar-refractivity contribution < 1.29 is 0 Å². The Bertz CT molecular complexity index is 511. The minimum atomic E-state index is 0.669. The molecule has 18 heavy (non-hydrogen) atoms. The molecule has 0 fully saturated rings. The Labute approximate surface area is 116 Å². The van der Waals surface area contributed by atoms with E-state index in [1.807, 2.05) is 11.8 Å². The maximum absolute atomic E-state index is 4.46. The Morgan fingerprint density at radius 3 is 3.06 bits per heavy atom. The molecule has 0 saturated heterocycles. The van der Waals surface area contributed by atoms with Crippen LogP contribution in [0, 0.1) is 6.92 Å². The van der Waals surface area contributed by atoms with Crippen LogP contribution >= 0.6 is 23.1 Å². The fourth-order valence-corrected chi connectivity index (χ4v) is 4.11. The summed E-state index contributed by atoms with van der Waals surface area (Å²) in [6.45, 7) is 3.99. The number of thioether (sulfide) groups is 1. The zero-order chi connectivity index (χ0) is 12.4. The van der Waals surface area contributed by atoms with Crippen LogP contribution in [0.15, 0.2) is 34.5 Å². The summed E-state index contributed by atoms with van der Waals surface area (Å²) in [4.78, 5) is 5.92. The molecule has 1 unspecified atom stereocenters. The van der Waals surface area contributed by atoms with Crippen LogP contribution in [0.4, 0.5) is 0 Å². The van der Waals surface area contributed by atoms with E-state index in [2.05, 4.69) is 46.9 Å². The molecule has 0 radical (unpaired) electrons. The van der Waals surface area contributed by atoms with Crippen LogP contribution in [0.2, 0.25) is 0 Å². The monoisotopic (exact) mass is 276 g/mol. The van der Waals surface area contributed by atoms with Gasteiger partial charge in [0.1, 0.15) is 0 Å². The quantitative estimate of drug-likeness (QED) is 0.928. The average Bonchev–Trinajstić information content (AvgIpc) is 2.95. The summed E-state index contributed by atoms with van der Waals surface area (Å²) < 4.78 is 0. The molecule has 0 spiro atoms. The van der Waals surface area contributed by atoms with Crippen molar-refractivity contribution in [1.29, 1.82) is 0 Å². The predicted octanol–water partition coefficient (Wildman–Crippen LogP) is 3.26. The first-order valence-electron chi connectivity index (χ1n) is 6.17. The van der Waals surface area contributed by atoms with Gasteiger partial charge in [0.15, 0.2) is 0 Å². The van der Waals surface area contributed by atoms with E-state index in [4.69, 9.17) is 0 Å². The van der Waals surface area contributed by atoms with Gasteiger partial charge >= 0.3 is 0 Å². The second-order valence-corrected chi connectivity index (χ2v) is 6.94. The summed E-state index contributed by atoms with van der Waals surface area (Å²) in [5.74, 6) is 0. The van der Waals surface area contributed by atoms with Crippen LogP contribution in [0.1, 0.15) is 16.3 Å². The molecule has 0 saturated carbocycles. The van der Waals surface area contributed by atoms with Crippen molar-refractivity contribution in [2.24, 2.45) is 0 Å². The molecule has 0 aliphatic carbocycles. The molecule has 2 aromatic rings. The van der Waals surface area contributed by atoms with E-state index >= 15 is 0 Å². The SMILES string of the molecule is Cc1nc(CNCC2Cc3ccccc3S2)cs1. The zero-order valence-corrected chi connectivity index (χ0v) is 12.0. The fourth-order valence-electron chi connectivity index (χ4n) is 2.22. The van der Waals surface area contributed by atoms with Crippen LogP contribution in [-0.4, -0.2) is 16.8 Å². The zero-order valence-electron chi connectivity index (χ0n) is 10.3. The first-order valence-corrected chi connectivity index (χ1v) is 7.93. The van der Waals surface area contributed by atoms with Gasteiger partial charge in [0.2, 0.25) is 0 Å². The Balaban J connectivity index is 1.48. The van der Waals surface area contributed by atoms with Gasteiger partial charge in [0, 0.05) is 28.6 Å². The van der Waals surface area contributed by atoms with Crippen LogP contribution in [-0.2, 0) is 13.0 Å². The first kappa shape index (κ1) is 12.2. The molecule has 2 nitrogen and oxygen atoms in total. The molecule has 0 bridgehead atoms. The highest BCUT2D eigenvalue weighted by atomic mass is 32.2. The molecule has 3 rings (SSSR count). The van der Waals surface area contributed by atoms with Crippen molar-refractivity contribution in [3.63, 3.8) is 0 Å². The van der Waals surface area contributed by atoms with E-state index in [-0.39, 0.29) is 0 Å². The molecule has 1 aromatic carbocycles. The van der Waals surface area contributed by atoms with Crippen molar-refractivity contribution >= 4 is 23.1 Å². The van der Waals surface area contributed by atoms with Crippen LogP contribution in [0.25, 0.3) is 0 Å². The normalized spacial score (nSPS) is 17.9. The van der Waals surface area contributed by atoms with E-state index < -0.39 is 0 Å². The highest BCUT2D eigenvalue weighted by molar-refractivity contribution is 8.00. The lowest BCUT2D eigenvalue weighted by Gasteiger charge is -2.08. The third-order valence-electron chi connectivity index (χ3n) is 3.06. The Morgan fingerprint density at radius 2 is 2.28 bits per heavy atom. The van der Waals surface area contributed by atoms with Crippen LogP contribution < -0.4 is 5.32 Å². The number of rotatable bonds is 4. The van der Waals surface area contributed by atoms with Crippen molar-refractivity contribution in [1.82, 2.24) is 10.3 Å². The molecular formula is C14H16N2S2. The lowest BCUT2D eigenvalue weighted by Crippen LogP contribution is -2.24. The number of nitrogens with one attached hydrogen (secondary N) is 1. The largest absolute Gasteiger partial charge is 0.310 e. The number of benzene rings is 1. The number of fused-ring (bicyclic) bond motifs is 1. The lowest BCUT2D eigenvalue weighted by atomic mass is 10.1. The van der Waals surface area contributed by atoms with Gasteiger partial charge in [-0.25, -0.2) is 4.98 Å². The highest BCUT2D eigenvalue weighted by Gasteiger charge is 2.21. The first-order chi connectivity index (χ1) is 8.81. The minimum absolute atomic E-state index is 0.669. The van der Waals surface area contributed by atoms with Crippen molar-refractivity contribution in [2.45, 2.75) is 30.0 Å². The maximum atomic E-state index is 4.46. The Morgan fingerprint density at radius 1 is 1.39 bits per heavy atom. The molecule has 1 aliphatic rings. The third-order valence-corrected chi connectivity index (χ3v) is 5.20. The van der Waals surface area contributed by atoms with Crippen molar-refractivity contribution in [3.8, 4) is 0 Å². The van der Waals surface area contributed by atoms with Gasteiger partial charge in [-0.2, -0.15) is 0 Å². The summed E-state index contributed by atoms with van der Waals surface area (Å²) in [7, 11) is 0. The van der Waals surface area contributed by atoms with Gasteiger partial charge in [-0.15, -0.1) is 23.1 Å². The van der Waals surface area contributed by atoms with Gasteiger partial charge in [-0.3, -0.25) is 0 Å². The van der Waals surface area contributed by atoms with E-state index in [0.29, 0.717) is 5.25 Å². The van der Waals surface area contributed by atoms with Gasteiger partial charge in [-0.05, 0) is 25.0 Å². The van der Waals surface area contributed by atoms with Crippen LogP contribution in [0.3, 0.4) is 0 Å². The molecular weight excluding hydrogens is 260 g/mol. The average molecular weight is 276 g/mol. The third kappa shape index (κ3) is 2.76. The Kier molecular flexibility index (Phi) is 3.68. The molecule has 1 atom stereocenters. The summed E-state index contributed by atoms with van der Waals surface area (Å²) in [6.07, 6.45) is 1.18. The van der Waals surface area contributed by atoms with Crippen LogP contribution in [0.5, 0.6) is 0 Å². The summed E-state index contributed by atoms with van der Waals surface area (Å²) in [6, 6.07) is 8.73. The summed E-state index contributed by atoms with van der Waals surface area (Å²) >= 11 is 3.72. The minimum Gasteiger partial charge on any atom is -0.310 e. The Hall–Kier alpha value is -0.840.